The molecule has 1 aliphatic carbocycles. The van der Waals surface area contributed by atoms with Crippen molar-refractivity contribution in [2.45, 2.75) is 32.7 Å². The standard InChI is InChI=1S/C21H25NO2/c1-3-24-18-11-9-16(10-12-18)14-20(23)22-21(19-13-15(19)2)17-7-5-4-6-8-17/h4-12,15,19,21H,3,13-14H2,1-2H3,(H,22,23). The molecule has 3 atom stereocenters. The first-order valence-electron chi connectivity index (χ1n) is 8.73. The van der Waals surface area contributed by atoms with Gasteiger partial charge in [-0.1, -0.05) is 49.4 Å². The molecule has 3 unspecified atom stereocenters. The average Bonchev–Trinajstić information content (AvgIpc) is 3.32. The molecule has 0 bridgehead atoms. The topological polar surface area (TPSA) is 38.3 Å². The van der Waals surface area contributed by atoms with E-state index in [2.05, 4.69) is 24.4 Å². The first-order chi connectivity index (χ1) is 11.7. The Bertz CT molecular complexity index is 666. The average molecular weight is 323 g/mol. The minimum absolute atomic E-state index is 0.0760. The fourth-order valence-corrected chi connectivity index (χ4v) is 3.19. The number of hydrogen-bond acceptors (Lipinski definition) is 2. The molecule has 3 nitrogen and oxygen atoms in total. The minimum Gasteiger partial charge on any atom is -0.494 e. The van der Waals surface area contributed by atoms with Crippen LogP contribution in [0.4, 0.5) is 0 Å². The van der Waals surface area contributed by atoms with Gasteiger partial charge in [0.05, 0.1) is 19.1 Å². The molecule has 0 heterocycles. The fourth-order valence-electron chi connectivity index (χ4n) is 3.19. The number of carbonyl (C=O) groups excluding carboxylic acids is 1. The lowest BCUT2D eigenvalue weighted by Gasteiger charge is -2.19. The second-order valence-corrected chi connectivity index (χ2v) is 6.59. The van der Waals surface area contributed by atoms with E-state index in [1.165, 1.54) is 12.0 Å². The highest BCUT2D eigenvalue weighted by Crippen LogP contribution is 2.46. The predicted octanol–water partition coefficient (Wildman–Crippen LogP) is 4.14. The lowest BCUT2D eigenvalue weighted by Crippen LogP contribution is -2.31. The van der Waals surface area contributed by atoms with Gasteiger partial charge in [0, 0.05) is 0 Å². The first-order valence-corrected chi connectivity index (χ1v) is 8.73. The molecule has 1 saturated carbocycles. The summed E-state index contributed by atoms with van der Waals surface area (Å²) in [6.07, 6.45) is 1.58. The predicted molar refractivity (Wildman–Crippen MR) is 95.9 cm³/mol. The Labute approximate surface area is 144 Å². The molecule has 1 amide bonds. The number of ether oxygens (including phenoxy) is 1. The Kier molecular flexibility index (Phi) is 5.19. The van der Waals surface area contributed by atoms with E-state index in [4.69, 9.17) is 4.74 Å². The van der Waals surface area contributed by atoms with Crippen LogP contribution in [-0.2, 0) is 11.2 Å². The van der Waals surface area contributed by atoms with E-state index in [0.29, 0.717) is 24.9 Å². The summed E-state index contributed by atoms with van der Waals surface area (Å²) in [7, 11) is 0. The molecule has 0 saturated heterocycles. The molecule has 1 aliphatic rings. The van der Waals surface area contributed by atoms with Gasteiger partial charge in [0.25, 0.3) is 0 Å². The third-order valence-corrected chi connectivity index (χ3v) is 4.67. The van der Waals surface area contributed by atoms with Crippen LogP contribution in [0, 0.1) is 11.8 Å². The summed E-state index contributed by atoms with van der Waals surface area (Å²) in [6, 6.07) is 18.2. The molecule has 0 aromatic heterocycles. The van der Waals surface area contributed by atoms with Crippen molar-refractivity contribution < 1.29 is 9.53 Å². The van der Waals surface area contributed by atoms with Crippen molar-refractivity contribution in [2.24, 2.45) is 11.8 Å². The second kappa shape index (κ2) is 7.52. The van der Waals surface area contributed by atoms with Gasteiger partial charge in [-0.3, -0.25) is 4.79 Å². The molecule has 126 valence electrons. The monoisotopic (exact) mass is 323 g/mol. The van der Waals surface area contributed by atoms with Crippen LogP contribution in [0.2, 0.25) is 0 Å². The highest BCUT2D eigenvalue weighted by molar-refractivity contribution is 5.79. The maximum absolute atomic E-state index is 12.5. The van der Waals surface area contributed by atoms with Gasteiger partial charge >= 0.3 is 0 Å². The molecular weight excluding hydrogens is 298 g/mol. The van der Waals surface area contributed by atoms with E-state index in [1.54, 1.807) is 0 Å². The van der Waals surface area contributed by atoms with Crippen LogP contribution in [0.25, 0.3) is 0 Å². The Morgan fingerprint density at radius 1 is 1.17 bits per heavy atom. The first kappa shape index (κ1) is 16.6. The molecular formula is C21H25NO2. The minimum atomic E-state index is 0.0760. The lowest BCUT2D eigenvalue weighted by molar-refractivity contribution is -0.121. The number of benzene rings is 2. The van der Waals surface area contributed by atoms with Gasteiger partial charge < -0.3 is 10.1 Å². The van der Waals surface area contributed by atoms with Crippen LogP contribution in [0.5, 0.6) is 5.75 Å². The second-order valence-electron chi connectivity index (χ2n) is 6.59. The molecule has 2 aromatic rings. The van der Waals surface area contributed by atoms with Crippen molar-refractivity contribution in [2.75, 3.05) is 6.61 Å². The highest BCUT2D eigenvalue weighted by Gasteiger charge is 2.40. The maximum atomic E-state index is 12.5. The number of rotatable bonds is 7. The Morgan fingerprint density at radius 2 is 1.83 bits per heavy atom. The summed E-state index contributed by atoms with van der Waals surface area (Å²) in [4.78, 5) is 12.5. The van der Waals surface area contributed by atoms with Crippen molar-refractivity contribution in [3.8, 4) is 5.75 Å². The van der Waals surface area contributed by atoms with Crippen molar-refractivity contribution >= 4 is 5.91 Å². The lowest BCUT2D eigenvalue weighted by atomic mass is 10.0. The smallest absolute Gasteiger partial charge is 0.224 e. The zero-order valence-corrected chi connectivity index (χ0v) is 14.4. The van der Waals surface area contributed by atoms with E-state index in [1.807, 2.05) is 49.4 Å². The van der Waals surface area contributed by atoms with E-state index in [9.17, 15) is 4.79 Å². The molecule has 0 radical (unpaired) electrons. The Balaban J connectivity index is 1.63. The molecule has 1 fully saturated rings. The molecule has 1 N–H and O–H groups in total. The summed E-state index contributed by atoms with van der Waals surface area (Å²) < 4.78 is 5.44. The number of carbonyl (C=O) groups is 1. The normalized spacial score (nSPS) is 20.2. The highest BCUT2D eigenvalue weighted by atomic mass is 16.5. The summed E-state index contributed by atoms with van der Waals surface area (Å²) in [5.41, 5.74) is 2.21. The van der Waals surface area contributed by atoms with Crippen LogP contribution in [0.1, 0.15) is 37.4 Å². The van der Waals surface area contributed by atoms with Gasteiger partial charge in [-0.2, -0.15) is 0 Å². The summed E-state index contributed by atoms with van der Waals surface area (Å²) >= 11 is 0. The van der Waals surface area contributed by atoms with Gasteiger partial charge in [0.1, 0.15) is 5.75 Å². The van der Waals surface area contributed by atoms with Gasteiger partial charge in [-0.05, 0) is 48.4 Å². The largest absolute Gasteiger partial charge is 0.494 e. The summed E-state index contributed by atoms with van der Waals surface area (Å²) in [5, 5.41) is 3.24. The fraction of sp³-hybridized carbons (Fsp3) is 0.381. The number of hydrogen-bond donors (Lipinski definition) is 1. The van der Waals surface area contributed by atoms with E-state index in [-0.39, 0.29) is 11.9 Å². The molecule has 2 aromatic carbocycles. The van der Waals surface area contributed by atoms with Crippen LogP contribution in [0.15, 0.2) is 54.6 Å². The number of amides is 1. The third-order valence-electron chi connectivity index (χ3n) is 4.67. The zero-order valence-electron chi connectivity index (χ0n) is 14.4. The Morgan fingerprint density at radius 3 is 2.42 bits per heavy atom. The van der Waals surface area contributed by atoms with E-state index >= 15 is 0 Å². The van der Waals surface area contributed by atoms with Crippen molar-refractivity contribution in [1.29, 1.82) is 0 Å². The van der Waals surface area contributed by atoms with Gasteiger partial charge in [0.2, 0.25) is 5.91 Å². The van der Waals surface area contributed by atoms with Gasteiger partial charge in [-0.25, -0.2) is 0 Å². The molecule has 3 heteroatoms. The van der Waals surface area contributed by atoms with Crippen molar-refractivity contribution in [3.63, 3.8) is 0 Å². The van der Waals surface area contributed by atoms with Gasteiger partial charge in [-0.15, -0.1) is 0 Å². The maximum Gasteiger partial charge on any atom is 0.224 e. The van der Waals surface area contributed by atoms with Crippen LogP contribution in [-0.4, -0.2) is 12.5 Å². The molecule has 24 heavy (non-hydrogen) atoms. The van der Waals surface area contributed by atoms with E-state index in [0.717, 1.165) is 11.3 Å². The van der Waals surface area contributed by atoms with Crippen molar-refractivity contribution in [3.05, 3.63) is 65.7 Å². The Hall–Kier alpha value is -2.29. The van der Waals surface area contributed by atoms with Crippen LogP contribution >= 0.6 is 0 Å². The quantitative estimate of drug-likeness (QED) is 0.831. The number of nitrogens with one attached hydrogen (secondary N) is 1. The van der Waals surface area contributed by atoms with Crippen molar-refractivity contribution in [1.82, 2.24) is 5.32 Å². The van der Waals surface area contributed by atoms with Crippen LogP contribution in [0.3, 0.4) is 0 Å². The van der Waals surface area contributed by atoms with Crippen LogP contribution < -0.4 is 10.1 Å². The third kappa shape index (κ3) is 4.16. The summed E-state index contributed by atoms with van der Waals surface area (Å²) in [6.45, 7) is 4.86. The van der Waals surface area contributed by atoms with E-state index < -0.39 is 0 Å². The zero-order chi connectivity index (χ0) is 16.9. The molecule has 0 aliphatic heterocycles. The summed E-state index contributed by atoms with van der Waals surface area (Å²) in [5.74, 6) is 2.15. The molecule has 3 rings (SSSR count). The van der Waals surface area contributed by atoms with Gasteiger partial charge in [0.15, 0.2) is 0 Å². The SMILES string of the molecule is CCOc1ccc(CC(=O)NC(c2ccccc2)C2CC2C)cc1. The molecule has 0 spiro atoms.